The van der Waals surface area contributed by atoms with Crippen LogP contribution in [0.15, 0.2) is 17.1 Å². The Labute approximate surface area is 149 Å². The van der Waals surface area contributed by atoms with Crippen LogP contribution in [0.4, 0.5) is 10.2 Å². The normalized spacial score (nSPS) is 21.3. The van der Waals surface area contributed by atoms with Gasteiger partial charge in [-0.3, -0.25) is 4.79 Å². The van der Waals surface area contributed by atoms with E-state index in [1.54, 1.807) is 4.57 Å². The number of halogens is 1. The van der Waals surface area contributed by atoms with Crippen LogP contribution >= 0.6 is 0 Å². The summed E-state index contributed by atoms with van der Waals surface area (Å²) in [6, 6.07) is 1.26. The van der Waals surface area contributed by atoms with E-state index in [-0.39, 0.29) is 34.8 Å². The first-order chi connectivity index (χ1) is 12.4. The molecule has 138 valence electrons. The topological polar surface area (TPSA) is 101 Å². The van der Waals surface area contributed by atoms with Crippen LogP contribution in [0, 0.1) is 11.7 Å². The summed E-state index contributed by atoms with van der Waals surface area (Å²) in [6.45, 7) is 3.22. The molecule has 3 N–H and O–H groups in total. The molecule has 2 aromatic heterocycles. The third-order valence-electron chi connectivity index (χ3n) is 5.38. The molecule has 3 heterocycles. The van der Waals surface area contributed by atoms with Crippen LogP contribution < -0.4 is 16.1 Å². The van der Waals surface area contributed by atoms with E-state index in [1.165, 1.54) is 6.20 Å². The van der Waals surface area contributed by atoms with E-state index in [0.29, 0.717) is 18.7 Å². The van der Waals surface area contributed by atoms with Crippen molar-refractivity contribution in [2.45, 2.75) is 38.3 Å². The Morgan fingerprint density at radius 2 is 2.15 bits per heavy atom. The number of hydrogen-bond donors (Lipinski definition) is 2. The minimum atomic E-state index is -1.31. The SMILES string of the molecule is C[C@@H](N)[C@@H]1CCN(c2nc3c(cc2F)c(=O)c(C(=O)O)cn3C2CC2)C1. The van der Waals surface area contributed by atoms with Crippen molar-refractivity contribution in [2.75, 3.05) is 18.0 Å². The van der Waals surface area contributed by atoms with Gasteiger partial charge in [0.1, 0.15) is 11.2 Å². The van der Waals surface area contributed by atoms with Crippen molar-refractivity contribution in [3.8, 4) is 0 Å². The maximum atomic E-state index is 14.7. The second kappa shape index (κ2) is 6.05. The zero-order valence-corrected chi connectivity index (χ0v) is 14.5. The van der Waals surface area contributed by atoms with Crippen molar-refractivity contribution in [3.63, 3.8) is 0 Å². The summed E-state index contributed by atoms with van der Waals surface area (Å²) in [6.07, 6.45) is 3.99. The van der Waals surface area contributed by atoms with Crippen LogP contribution in [0.25, 0.3) is 11.0 Å². The zero-order chi connectivity index (χ0) is 18.6. The molecule has 2 atom stereocenters. The summed E-state index contributed by atoms with van der Waals surface area (Å²) >= 11 is 0. The highest BCUT2D eigenvalue weighted by molar-refractivity contribution is 5.92. The Morgan fingerprint density at radius 3 is 2.73 bits per heavy atom. The number of anilines is 1. The average molecular weight is 360 g/mol. The zero-order valence-electron chi connectivity index (χ0n) is 14.5. The van der Waals surface area contributed by atoms with Gasteiger partial charge in [0.2, 0.25) is 5.43 Å². The minimum Gasteiger partial charge on any atom is -0.477 e. The predicted molar refractivity (Wildman–Crippen MR) is 95.2 cm³/mol. The fraction of sp³-hybridized carbons (Fsp3) is 0.500. The summed E-state index contributed by atoms with van der Waals surface area (Å²) in [7, 11) is 0. The van der Waals surface area contributed by atoms with Crippen molar-refractivity contribution >= 4 is 22.8 Å². The van der Waals surface area contributed by atoms with E-state index < -0.39 is 17.2 Å². The molecule has 2 aromatic rings. The quantitative estimate of drug-likeness (QED) is 0.861. The van der Waals surface area contributed by atoms with Crippen LogP contribution in [0.3, 0.4) is 0 Å². The lowest BCUT2D eigenvalue weighted by Crippen LogP contribution is -2.30. The monoisotopic (exact) mass is 360 g/mol. The van der Waals surface area contributed by atoms with Crippen molar-refractivity contribution < 1.29 is 14.3 Å². The molecular weight excluding hydrogens is 339 g/mol. The van der Waals surface area contributed by atoms with Crippen molar-refractivity contribution in [2.24, 2.45) is 11.7 Å². The van der Waals surface area contributed by atoms with Gasteiger partial charge in [-0.1, -0.05) is 0 Å². The van der Waals surface area contributed by atoms with Crippen molar-refractivity contribution in [3.05, 3.63) is 33.9 Å². The van der Waals surface area contributed by atoms with E-state index in [2.05, 4.69) is 4.98 Å². The first-order valence-electron chi connectivity index (χ1n) is 8.86. The van der Waals surface area contributed by atoms with Crippen LogP contribution in [0.2, 0.25) is 0 Å². The van der Waals surface area contributed by atoms with E-state index in [1.807, 2.05) is 11.8 Å². The summed E-state index contributed by atoms with van der Waals surface area (Å²) < 4.78 is 16.4. The molecule has 0 radical (unpaired) electrons. The average Bonchev–Trinajstić information content (AvgIpc) is 3.30. The number of fused-ring (bicyclic) bond motifs is 1. The van der Waals surface area contributed by atoms with Gasteiger partial charge < -0.3 is 20.3 Å². The Kier molecular flexibility index (Phi) is 3.95. The van der Waals surface area contributed by atoms with Gasteiger partial charge in [0.25, 0.3) is 0 Å². The smallest absolute Gasteiger partial charge is 0.341 e. The minimum absolute atomic E-state index is 0.0148. The Morgan fingerprint density at radius 1 is 1.42 bits per heavy atom. The van der Waals surface area contributed by atoms with Crippen LogP contribution in [-0.4, -0.2) is 39.8 Å². The number of carboxylic acids is 1. The second-order valence-electron chi connectivity index (χ2n) is 7.33. The van der Waals surface area contributed by atoms with Crippen LogP contribution in [0.5, 0.6) is 0 Å². The highest BCUT2D eigenvalue weighted by atomic mass is 19.1. The summed E-state index contributed by atoms with van der Waals surface area (Å²) in [4.78, 5) is 30.1. The number of carboxylic acid groups (broad SMARTS) is 1. The molecule has 0 bridgehead atoms. The largest absolute Gasteiger partial charge is 0.477 e. The summed E-state index contributed by atoms with van der Waals surface area (Å²) in [5, 5.41) is 9.30. The number of hydrogen-bond acceptors (Lipinski definition) is 5. The number of aromatic nitrogens is 2. The summed E-state index contributed by atoms with van der Waals surface area (Å²) in [5.74, 6) is -1.44. The standard InChI is InChI=1S/C18H21FN4O3/c1-9(20)10-4-5-22(7-10)17-14(19)6-12-15(24)13(18(25)26)8-23(11-2-3-11)16(12)21-17/h6,8-11H,2-5,7,20H2,1H3,(H,25,26)/t9-,10-/m1/s1. The third kappa shape index (κ3) is 2.74. The Balaban J connectivity index is 1.86. The van der Waals surface area contributed by atoms with Gasteiger partial charge in [0, 0.05) is 31.4 Å². The van der Waals surface area contributed by atoms with Crippen molar-refractivity contribution in [1.82, 2.24) is 9.55 Å². The lowest BCUT2D eigenvalue weighted by Gasteiger charge is -2.21. The molecule has 26 heavy (non-hydrogen) atoms. The highest BCUT2D eigenvalue weighted by Gasteiger charge is 2.31. The molecule has 0 amide bonds. The van der Waals surface area contributed by atoms with Gasteiger partial charge in [-0.2, -0.15) is 0 Å². The molecule has 0 spiro atoms. The molecule has 2 fully saturated rings. The molecule has 0 unspecified atom stereocenters. The lowest BCUT2D eigenvalue weighted by molar-refractivity contribution is 0.0695. The van der Waals surface area contributed by atoms with Crippen LogP contribution in [-0.2, 0) is 0 Å². The number of nitrogens with zero attached hydrogens (tertiary/aromatic N) is 3. The van der Waals surface area contributed by atoms with Gasteiger partial charge in [0.05, 0.1) is 5.39 Å². The lowest BCUT2D eigenvalue weighted by atomic mass is 10.0. The maximum Gasteiger partial charge on any atom is 0.341 e. The molecule has 1 aliphatic heterocycles. The van der Waals surface area contributed by atoms with Gasteiger partial charge in [-0.25, -0.2) is 14.2 Å². The second-order valence-corrected chi connectivity index (χ2v) is 7.33. The molecule has 0 aromatic carbocycles. The van der Waals surface area contributed by atoms with Crippen LogP contribution in [0.1, 0.15) is 42.6 Å². The fourth-order valence-electron chi connectivity index (χ4n) is 3.65. The molecule has 8 heteroatoms. The first kappa shape index (κ1) is 17.0. The third-order valence-corrected chi connectivity index (χ3v) is 5.38. The van der Waals surface area contributed by atoms with Gasteiger partial charge >= 0.3 is 5.97 Å². The Hall–Kier alpha value is -2.48. The molecule has 1 saturated carbocycles. The number of pyridine rings is 2. The Bertz CT molecular complexity index is 952. The van der Waals surface area contributed by atoms with Gasteiger partial charge in [-0.05, 0) is 38.2 Å². The van der Waals surface area contributed by atoms with Gasteiger partial charge in [-0.15, -0.1) is 0 Å². The van der Waals surface area contributed by atoms with E-state index in [4.69, 9.17) is 5.73 Å². The van der Waals surface area contributed by atoms with Crippen molar-refractivity contribution in [1.29, 1.82) is 0 Å². The van der Waals surface area contributed by atoms with E-state index in [9.17, 15) is 19.1 Å². The molecule has 2 aliphatic rings. The number of rotatable bonds is 4. The number of carbonyl (C=O) groups is 1. The molecule has 7 nitrogen and oxygen atoms in total. The van der Waals surface area contributed by atoms with E-state index in [0.717, 1.165) is 25.3 Å². The molecule has 4 rings (SSSR count). The summed E-state index contributed by atoms with van der Waals surface area (Å²) in [5.41, 5.74) is 5.26. The van der Waals surface area contributed by atoms with Gasteiger partial charge in [0.15, 0.2) is 11.6 Å². The number of nitrogens with two attached hydrogens (primary N) is 1. The molecule has 1 saturated heterocycles. The van der Waals surface area contributed by atoms with E-state index >= 15 is 0 Å². The highest BCUT2D eigenvalue weighted by Crippen LogP contribution is 2.37. The predicted octanol–water partition coefficient (Wildman–Crippen LogP) is 1.74. The molecular formula is C18H21FN4O3. The fourth-order valence-corrected chi connectivity index (χ4v) is 3.65. The molecule has 1 aliphatic carbocycles. The number of aromatic carboxylic acids is 1. The first-order valence-corrected chi connectivity index (χ1v) is 8.86. The maximum absolute atomic E-state index is 14.7.